The molecule has 3 rings (SSSR count). The molecule has 0 spiro atoms. The third-order valence-corrected chi connectivity index (χ3v) is 4.87. The number of hydrogen-bond donors (Lipinski definition) is 2. The molecule has 1 saturated heterocycles. The van der Waals surface area contributed by atoms with Gasteiger partial charge in [-0.05, 0) is 11.1 Å². The van der Waals surface area contributed by atoms with Crippen LogP contribution < -0.4 is 10.6 Å². The average molecular weight is 386 g/mol. The highest BCUT2D eigenvalue weighted by Gasteiger charge is 2.10. The Kier molecular flexibility index (Phi) is 7.81. The number of morpholine rings is 1. The highest BCUT2D eigenvalue weighted by molar-refractivity contribution is 5.79. The lowest BCUT2D eigenvalue weighted by Gasteiger charge is -2.26. The number of rotatable bonds is 8. The number of hydrogen-bond acceptors (Lipinski definition) is 5. The van der Waals surface area contributed by atoms with Gasteiger partial charge in [0.2, 0.25) is 0 Å². The van der Waals surface area contributed by atoms with Gasteiger partial charge in [0.1, 0.15) is 12.2 Å². The maximum Gasteiger partial charge on any atom is 0.191 e. The molecule has 1 fully saturated rings. The summed E-state index contributed by atoms with van der Waals surface area (Å²) >= 11 is 0. The summed E-state index contributed by atoms with van der Waals surface area (Å²) in [7, 11) is 1.79. The van der Waals surface area contributed by atoms with E-state index in [-0.39, 0.29) is 0 Å². The zero-order valence-corrected chi connectivity index (χ0v) is 16.9. The fourth-order valence-electron chi connectivity index (χ4n) is 3.22. The van der Waals surface area contributed by atoms with Gasteiger partial charge >= 0.3 is 0 Å². The van der Waals surface area contributed by atoms with Gasteiger partial charge in [0, 0.05) is 52.7 Å². The van der Waals surface area contributed by atoms with Crippen LogP contribution in [0.3, 0.4) is 0 Å². The maximum atomic E-state index is 5.41. The molecule has 2 heterocycles. The molecule has 0 unspecified atom stereocenters. The van der Waals surface area contributed by atoms with E-state index in [9.17, 15) is 0 Å². The van der Waals surface area contributed by atoms with Crippen molar-refractivity contribution in [3.63, 3.8) is 0 Å². The predicted octanol–water partition coefficient (Wildman–Crippen LogP) is 1.04. The van der Waals surface area contributed by atoms with Crippen LogP contribution in [0.5, 0.6) is 0 Å². The average Bonchev–Trinajstić information content (AvgIpc) is 3.20. The van der Waals surface area contributed by atoms with Crippen LogP contribution in [0, 0.1) is 0 Å². The first-order valence-electron chi connectivity index (χ1n) is 9.97. The highest BCUT2D eigenvalue weighted by Crippen LogP contribution is 2.09. The van der Waals surface area contributed by atoms with E-state index in [4.69, 9.17) is 4.74 Å². The topological polar surface area (TPSA) is 79.6 Å². The summed E-state index contributed by atoms with van der Waals surface area (Å²) in [5.41, 5.74) is 2.58. The molecule has 0 aliphatic carbocycles. The Morgan fingerprint density at radius 2 is 1.89 bits per heavy atom. The van der Waals surface area contributed by atoms with E-state index in [1.54, 1.807) is 13.4 Å². The minimum Gasteiger partial charge on any atom is -0.379 e. The number of guanidine groups is 1. The second kappa shape index (κ2) is 10.8. The number of nitrogens with one attached hydrogen (secondary N) is 2. The zero-order chi connectivity index (χ0) is 19.6. The van der Waals surface area contributed by atoms with E-state index in [1.807, 2.05) is 0 Å². The Balaban J connectivity index is 1.40. The molecule has 1 aliphatic heterocycles. The van der Waals surface area contributed by atoms with Crippen LogP contribution in [-0.2, 0) is 30.8 Å². The SMILES string of the molecule is CCc1nncn1CCNC(=NC)NCc1ccc(CN2CCOCC2)cc1. The predicted molar refractivity (Wildman–Crippen MR) is 110 cm³/mol. The standard InChI is InChI=1S/C20H31N7O/c1-3-19-25-24-16-27(19)9-8-22-20(21-2)23-14-17-4-6-18(7-5-17)15-26-10-12-28-13-11-26/h4-7,16H,3,8-15H2,1-2H3,(H2,21,22,23). The number of aliphatic imine (C=N–C) groups is 1. The number of benzene rings is 1. The monoisotopic (exact) mass is 385 g/mol. The molecule has 0 radical (unpaired) electrons. The summed E-state index contributed by atoms with van der Waals surface area (Å²) in [4.78, 5) is 6.73. The smallest absolute Gasteiger partial charge is 0.191 e. The van der Waals surface area contributed by atoms with E-state index in [2.05, 4.69) is 66.5 Å². The van der Waals surface area contributed by atoms with Crippen LogP contribution in [-0.4, -0.2) is 65.5 Å². The molecular weight excluding hydrogens is 354 g/mol. The lowest BCUT2D eigenvalue weighted by Crippen LogP contribution is -2.38. The van der Waals surface area contributed by atoms with E-state index in [0.29, 0.717) is 0 Å². The van der Waals surface area contributed by atoms with E-state index >= 15 is 0 Å². The Bertz CT molecular complexity index is 735. The van der Waals surface area contributed by atoms with Gasteiger partial charge in [-0.25, -0.2) is 0 Å². The summed E-state index contributed by atoms with van der Waals surface area (Å²) in [5.74, 6) is 1.80. The van der Waals surface area contributed by atoms with Crippen molar-refractivity contribution < 1.29 is 4.74 Å². The fourth-order valence-corrected chi connectivity index (χ4v) is 3.22. The van der Waals surface area contributed by atoms with Crippen molar-refractivity contribution in [3.8, 4) is 0 Å². The van der Waals surface area contributed by atoms with Gasteiger partial charge in [-0.3, -0.25) is 9.89 Å². The molecule has 0 atom stereocenters. The molecule has 8 heteroatoms. The summed E-state index contributed by atoms with van der Waals surface area (Å²) < 4.78 is 7.47. The van der Waals surface area contributed by atoms with Crippen molar-refractivity contribution in [1.29, 1.82) is 0 Å². The van der Waals surface area contributed by atoms with Crippen molar-refractivity contribution in [2.75, 3.05) is 39.9 Å². The summed E-state index contributed by atoms with van der Waals surface area (Å²) in [6, 6.07) is 8.78. The number of nitrogens with zero attached hydrogens (tertiary/aromatic N) is 5. The number of aryl methyl sites for hydroxylation is 1. The number of aromatic nitrogens is 3. The first kappa shape index (κ1) is 20.3. The van der Waals surface area contributed by atoms with Gasteiger partial charge in [-0.1, -0.05) is 31.2 Å². The van der Waals surface area contributed by atoms with E-state index in [0.717, 1.165) is 70.7 Å². The van der Waals surface area contributed by atoms with Crippen LogP contribution >= 0.6 is 0 Å². The Morgan fingerprint density at radius 1 is 1.14 bits per heavy atom. The first-order chi connectivity index (χ1) is 13.8. The van der Waals surface area contributed by atoms with Gasteiger partial charge in [0.05, 0.1) is 13.2 Å². The van der Waals surface area contributed by atoms with Gasteiger partial charge < -0.3 is 19.9 Å². The Morgan fingerprint density at radius 3 is 2.61 bits per heavy atom. The maximum absolute atomic E-state index is 5.41. The van der Waals surface area contributed by atoms with Crippen molar-refractivity contribution in [2.24, 2.45) is 4.99 Å². The Hall–Kier alpha value is -2.45. The molecule has 1 aliphatic rings. The Labute approximate surface area is 167 Å². The molecule has 1 aromatic heterocycles. The van der Waals surface area contributed by atoms with E-state index in [1.165, 1.54) is 11.1 Å². The quantitative estimate of drug-likeness (QED) is 0.522. The molecule has 2 aromatic rings. The van der Waals surface area contributed by atoms with Crippen LogP contribution in [0.4, 0.5) is 0 Å². The van der Waals surface area contributed by atoms with Crippen molar-refractivity contribution in [3.05, 3.63) is 47.5 Å². The zero-order valence-electron chi connectivity index (χ0n) is 16.9. The largest absolute Gasteiger partial charge is 0.379 e. The molecule has 0 bridgehead atoms. The first-order valence-corrected chi connectivity index (χ1v) is 9.97. The second-order valence-electron chi connectivity index (χ2n) is 6.85. The lowest BCUT2D eigenvalue weighted by atomic mass is 10.1. The van der Waals surface area contributed by atoms with E-state index < -0.39 is 0 Å². The van der Waals surface area contributed by atoms with Crippen molar-refractivity contribution in [1.82, 2.24) is 30.3 Å². The van der Waals surface area contributed by atoms with Crippen LogP contribution in [0.2, 0.25) is 0 Å². The van der Waals surface area contributed by atoms with Gasteiger partial charge in [0.25, 0.3) is 0 Å². The van der Waals surface area contributed by atoms with Crippen LogP contribution in [0.1, 0.15) is 23.9 Å². The summed E-state index contributed by atoms with van der Waals surface area (Å²) in [6.07, 6.45) is 2.66. The molecule has 0 amide bonds. The molecule has 0 saturated carbocycles. The third kappa shape index (κ3) is 6.03. The second-order valence-corrected chi connectivity index (χ2v) is 6.85. The van der Waals surface area contributed by atoms with Crippen LogP contribution in [0.25, 0.3) is 0 Å². The van der Waals surface area contributed by atoms with Crippen molar-refractivity contribution in [2.45, 2.75) is 33.0 Å². The highest BCUT2D eigenvalue weighted by atomic mass is 16.5. The molecular formula is C20H31N7O. The fraction of sp³-hybridized carbons (Fsp3) is 0.550. The molecule has 152 valence electrons. The third-order valence-electron chi connectivity index (χ3n) is 4.87. The molecule has 2 N–H and O–H groups in total. The van der Waals surface area contributed by atoms with Crippen LogP contribution in [0.15, 0.2) is 35.6 Å². The van der Waals surface area contributed by atoms with Gasteiger partial charge in [-0.2, -0.15) is 0 Å². The lowest BCUT2D eigenvalue weighted by molar-refractivity contribution is 0.0342. The summed E-state index contributed by atoms with van der Waals surface area (Å²) in [5, 5.41) is 14.8. The van der Waals surface area contributed by atoms with Gasteiger partial charge in [0.15, 0.2) is 5.96 Å². The normalized spacial score (nSPS) is 15.6. The van der Waals surface area contributed by atoms with Crippen molar-refractivity contribution >= 4 is 5.96 Å². The molecule has 28 heavy (non-hydrogen) atoms. The minimum absolute atomic E-state index is 0.740. The van der Waals surface area contributed by atoms with Gasteiger partial charge in [-0.15, -0.1) is 10.2 Å². The molecule has 8 nitrogen and oxygen atoms in total. The summed E-state index contributed by atoms with van der Waals surface area (Å²) in [6.45, 7) is 9.10. The number of ether oxygens (including phenoxy) is 1. The molecule has 1 aromatic carbocycles. The minimum atomic E-state index is 0.740.